The number of halogens is 6. The number of aromatic nitrogens is 4. The van der Waals surface area contributed by atoms with Crippen LogP contribution in [-0.4, -0.2) is 70.6 Å². The van der Waals surface area contributed by atoms with E-state index >= 15 is 0 Å². The van der Waals surface area contributed by atoms with Crippen LogP contribution in [0.5, 0.6) is 11.5 Å². The van der Waals surface area contributed by atoms with Gasteiger partial charge in [0.25, 0.3) is 21.9 Å². The molecule has 0 unspecified atom stereocenters. The van der Waals surface area contributed by atoms with Gasteiger partial charge in [-0.15, -0.1) is 0 Å². The molecule has 4 heterocycles. The van der Waals surface area contributed by atoms with Crippen LogP contribution in [0.1, 0.15) is 38.5 Å². The van der Waals surface area contributed by atoms with Gasteiger partial charge >= 0.3 is 0 Å². The Balaban J connectivity index is 1.04. The van der Waals surface area contributed by atoms with Crippen LogP contribution in [0.15, 0.2) is 71.6 Å². The summed E-state index contributed by atoms with van der Waals surface area (Å²) in [5, 5.41) is 16.7. The molecular formula is C39H28Cl6N6O7S. The second kappa shape index (κ2) is 16.5. The first-order chi connectivity index (χ1) is 28.2. The van der Waals surface area contributed by atoms with Gasteiger partial charge in [-0.1, -0.05) is 69.6 Å². The van der Waals surface area contributed by atoms with Crippen LogP contribution in [-0.2, 0) is 23.0 Å². The molecule has 0 saturated carbocycles. The molecule has 2 aromatic heterocycles. The predicted octanol–water partition coefficient (Wildman–Crippen LogP) is 8.98. The molecule has 0 spiro atoms. The molecule has 20 heteroatoms. The molecule has 0 radical (unpaired) electrons. The third kappa shape index (κ3) is 7.96. The SMILES string of the molecule is O=C(NCCCNC(=O)c1nn(-c2ccc(Cl)cc2Cl)c2c1CCOc1c-2ccc(Cl)c1S(=O)(=O)O)c1nn(-c2ccc(Cl)cc2Cl)c2c1CCOc1cc(Cl)ccc1-2. The minimum Gasteiger partial charge on any atom is -0.492 e. The Bertz CT molecular complexity index is 2830. The second-order valence-corrected chi connectivity index (χ2v) is 17.2. The Morgan fingerprint density at radius 1 is 0.661 bits per heavy atom. The van der Waals surface area contributed by atoms with E-state index in [0.29, 0.717) is 78.1 Å². The van der Waals surface area contributed by atoms with Gasteiger partial charge < -0.3 is 20.1 Å². The van der Waals surface area contributed by atoms with Crippen LogP contribution < -0.4 is 20.1 Å². The second-order valence-electron chi connectivity index (χ2n) is 13.3. The molecule has 2 aliphatic rings. The maximum Gasteiger partial charge on any atom is 0.299 e. The topological polar surface area (TPSA) is 167 Å². The fourth-order valence-electron chi connectivity index (χ4n) is 7.05. The fourth-order valence-corrected chi connectivity index (χ4v) is 9.34. The Morgan fingerprint density at radius 3 is 1.69 bits per heavy atom. The summed E-state index contributed by atoms with van der Waals surface area (Å²) in [6, 6.07) is 17.7. The average Bonchev–Trinajstić information content (AvgIpc) is 3.59. The Kier molecular flexibility index (Phi) is 11.5. The summed E-state index contributed by atoms with van der Waals surface area (Å²) in [6.45, 7) is 0.485. The zero-order valence-electron chi connectivity index (χ0n) is 30.2. The molecule has 6 aromatic rings. The summed E-state index contributed by atoms with van der Waals surface area (Å²) in [4.78, 5) is 27.0. The fraction of sp³-hybridized carbons (Fsp3) is 0.179. The van der Waals surface area contributed by atoms with Crippen molar-refractivity contribution in [2.24, 2.45) is 0 Å². The van der Waals surface area contributed by atoms with Crippen molar-refractivity contribution in [3.8, 4) is 45.4 Å². The molecule has 2 amide bonds. The lowest BCUT2D eigenvalue weighted by Crippen LogP contribution is -2.31. The van der Waals surface area contributed by atoms with Crippen molar-refractivity contribution < 1.29 is 32.0 Å². The van der Waals surface area contributed by atoms with Crippen LogP contribution >= 0.6 is 69.6 Å². The van der Waals surface area contributed by atoms with E-state index in [-0.39, 0.29) is 65.5 Å². The van der Waals surface area contributed by atoms with Crippen LogP contribution in [0, 0.1) is 0 Å². The normalized spacial score (nSPS) is 13.1. The molecular weight excluding hydrogens is 909 g/mol. The van der Waals surface area contributed by atoms with Crippen molar-refractivity contribution >= 4 is 91.5 Å². The van der Waals surface area contributed by atoms with Crippen LogP contribution in [0.3, 0.4) is 0 Å². The first kappa shape index (κ1) is 41.2. The van der Waals surface area contributed by atoms with Gasteiger partial charge in [0.15, 0.2) is 22.0 Å². The van der Waals surface area contributed by atoms with Crippen molar-refractivity contribution in [1.29, 1.82) is 0 Å². The van der Waals surface area contributed by atoms with Gasteiger partial charge in [0.1, 0.15) is 5.75 Å². The van der Waals surface area contributed by atoms with Crippen LogP contribution in [0.4, 0.5) is 0 Å². The van der Waals surface area contributed by atoms with Gasteiger partial charge in [-0.25, -0.2) is 9.36 Å². The number of carbonyl (C=O) groups excluding carboxylic acids is 2. The minimum absolute atomic E-state index is 0.0211. The number of amides is 2. The highest BCUT2D eigenvalue weighted by Gasteiger charge is 2.34. The monoisotopic (exact) mass is 934 g/mol. The Hall–Kier alpha value is -4.51. The number of nitrogens with zero attached hydrogens (tertiary/aromatic N) is 4. The summed E-state index contributed by atoms with van der Waals surface area (Å²) in [6.07, 6.45) is 0.808. The summed E-state index contributed by atoms with van der Waals surface area (Å²) in [5.74, 6) is -0.661. The minimum atomic E-state index is -4.83. The summed E-state index contributed by atoms with van der Waals surface area (Å²) >= 11 is 38.1. The van der Waals surface area contributed by atoms with E-state index in [1.807, 2.05) is 0 Å². The Morgan fingerprint density at radius 2 is 1.15 bits per heavy atom. The largest absolute Gasteiger partial charge is 0.492 e. The van der Waals surface area contributed by atoms with E-state index in [2.05, 4.69) is 15.7 Å². The number of carbonyl (C=O) groups is 2. The average molecular weight is 937 g/mol. The van der Waals surface area contributed by atoms with Crippen molar-refractivity contribution in [3.05, 3.63) is 119 Å². The molecule has 0 fully saturated rings. The molecule has 0 saturated heterocycles. The molecule has 8 rings (SSSR count). The highest BCUT2D eigenvalue weighted by atomic mass is 35.5. The third-order valence-corrected chi connectivity index (χ3v) is 12.2. The number of ether oxygens (including phenoxy) is 2. The van der Waals surface area contributed by atoms with Crippen molar-refractivity contribution in [2.75, 3.05) is 26.3 Å². The van der Waals surface area contributed by atoms with Gasteiger partial charge in [0.2, 0.25) is 0 Å². The van der Waals surface area contributed by atoms with Gasteiger partial charge in [0, 0.05) is 63.3 Å². The van der Waals surface area contributed by atoms with Crippen molar-refractivity contribution in [2.45, 2.75) is 24.2 Å². The molecule has 0 aliphatic carbocycles. The Labute approximate surface area is 366 Å². The van der Waals surface area contributed by atoms with Gasteiger partial charge in [-0.2, -0.15) is 18.6 Å². The lowest BCUT2D eigenvalue weighted by molar-refractivity contribution is 0.0945. The molecule has 304 valence electrons. The van der Waals surface area contributed by atoms with Crippen molar-refractivity contribution in [1.82, 2.24) is 30.2 Å². The zero-order chi connectivity index (χ0) is 41.7. The molecule has 3 N–H and O–H groups in total. The maximum atomic E-state index is 13.8. The lowest BCUT2D eigenvalue weighted by Gasteiger charge is -2.15. The highest BCUT2D eigenvalue weighted by Crippen LogP contribution is 2.45. The summed E-state index contributed by atoms with van der Waals surface area (Å²) in [5.41, 5.74) is 3.92. The van der Waals surface area contributed by atoms with E-state index in [4.69, 9.17) is 84.2 Å². The molecule has 0 atom stereocenters. The molecule has 2 aliphatic heterocycles. The lowest BCUT2D eigenvalue weighted by atomic mass is 10.0. The third-order valence-electron chi connectivity index (χ3n) is 9.58. The quantitative estimate of drug-likeness (QED) is 0.0948. The maximum absolute atomic E-state index is 13.8. The van der Waals surface area contributed by atoms with Gasteiger partial charge in [-0.3, -0.25) is 14.1 Å². The van der Waals surface area contributed by atoms with Gasteiger partial charge in [-0.05, 0) is 73.2 Å². The number of benzene rings is 4. The zero-order valence-corrected chi connectivity index (χ0v) is 35.5. The first-order valence-electron chi connectivity index (χ1n) is 17.8. The summed E-state index contributed by atoms with van der Waals surface area (Å²) in [7, 11) is -4.83. The number of nitrogens with one attached hydrogen (secondary N) is 2. The van der Waals surface area contributed by atoms with E-state index < -0.39 is 26.8 Å². The van der Waals surface area contributed by atoms with E-state index in [1.165, 1.54) is 22.9 Å². The van der Waals surface area contributed by atoms with Gasteiger partial charge in [0.05, 0.1) is 51.0 Å². The van der Waals surface area contributed by atoms with Crippen molar-refractivity contribution in [3.63, 3.8) is 0 Å². The summed E-state index contributed by atoms with van der Waals surface area (Å²) < 4.78 is 49.8. The van der Waals surface area contributed by atoms with E-state index in [9.17, 15) is 22.6 Å². The van der Waals surface area contributed by atoms with E-state index in [0.717, 1.165) is 0 Å². The number of fused-ring (bicyclic) bond motifs is 6. The molecule has 4 aromatic carbocycles. The van der Waals surface area contributed by atoms with Crippen LogP contribution in [0.2, 0.25) is 30.1 Å². The first-order valence-corrected chi connectivity index (χ1v) is 21.5. The standard InChI is InChI=1S/C39H28Cl6N6O7S/c40-19-3-8-29(27(44)16-19)50-34-22-5-2-21(42)18-31(22)57-14-10-23(34)32(48-50)38(52)46-12-1-13-47-39(53)33-24-11-15-58-36-25(6-7-26(43)37(36)59(54,55)56)35(24)51(49-33)30-9-4-20(41)17-28(30)45/h2-9,16-18H,1,10-15H2,(H,46,52)(H,47,53)(H,54,55,56). The number of hydrogen-bond donors (Lipinski definition) is 3. The van der Waals surface area contributed by atoms with Crippen LogP contribution in [0.25, 0.3) is 33.9 Å². The molecule has 13 nitrogen and oxygen atoms in total. The smallest absolute Gasteiger partial charge is 0.299 e. The number of rotatable bonds is 9. The molecule has 59 heavy (non-hydrogen) atoms. The highest BCUT2D eigenvalue weighted by molar-refractivity contribution is 7.86. The predicted molar refractivity (Wildman–Crippen MR) is 226 cm³/mol. The number of hydrogen-bond acceptors (Lipinski definition) is 8. The van der Waals surface area contributed by atoms with E-state index in [1.54, 1.807) is 53.2 Å². The molecule has 0 bridgehead atoms.